The second kappa shape index (κ2) is 5.25. The third-order valence-electron chi connectivity index (χ3n) is 3.33. The number of benzene rings is 2. The molecule has 2 aromatic carbocycles. The summed E-state index contributed by atoms with van der Waals surface area (Å²) in [5.41, 5.74) is 3.67. The Morgan fingerprint density at radius 2 is 1.67 bits per heavy atom. The Bertz CT molecular complexity index is 792. The molecular weight excluding hydrogens is 264 g/mol. The van der Waals surface area contributed by atoms with Gasteiger partial charge in [-0.05, 0) is 24.1 Å². The predicted octanol–water partition coefficient (Wildman–Crippen LogP) is 3.75. The fourth-order valence-electron chi connectivity index (χ4n) is 2.28. The molecule has 0 atom stereocenters. The molecule has 0 saturated carbocycles. The quantitative estimate of drug-likeness (QED) is 0.766. The number of carboxylic acids is 1. The number of aromatic carboxylic acids is 1. The van der Waals surface area contributed by atoms with Crippen LogP contribution in [0.5, 0.6) is 0 Å². The molecule has 0 aliphatic heterocycles. The van der Waals surface area contributed by atoms with Crippen LogP contribution in [0, 0.1) is 6.92 Å². The summed E-state index contributed by atoms with van der Waals surface area (Å²) in [6, 6.07) is 17.9. The first-order chi connectivity index (χ1) is 10.1. The van der Waals surface area contributed by atoms with Gasteiger partial charge in [-0.2, -0.15) is 0 Å². The zero-order valence-corrected chi connectivity index (χ0v) is 11.5. The summed E-state index contributed by atoms with van der Waals surface area (Å²) in [6.07, 6.45) is 0. The molecule has 0 bridgehead atoms. The number of carboxylic acid groups (broad SMARTS) is 1. The summed E-state index contributed by atoms with van der Waals surface area (Å²) in [5.74, 6) is -0.447. The highest BCUT2D eigenvalue weighted by atomic mass is 16.4. The minimum Gasteiger partial charge on any atom is -0.476 e. The zero-order chi connectivity index (χ0) is 14.8. The summed E-state index contributed by atoms with van der Waals surface area (Å²) in [6.45, 7) is 1.71. The smallest absolute Gasteiger partial charge is 0.356 e. The number of rotatable bonds is 3. The number of aromatic nitrogens is 2. The van der Waals surface area contributed by atoms with E-state index in [1.807, 2.05) is 54.6 Å². The molecule has 4 nitrogen and oxygen atoms in total. The van der Waals surface area contributed by atoms with Crippen molar-refractivity contribution in [3.8, 4) is 22.5 Å². The van der Waals surface area contributed by atoms with Crippen LogP contribution >= 0.6 is 0 Å². The standard InChI is InChI=1S/C17H14N2O2/c1-11-15(17(20)21)19-16(18-11)14-9-5-8-13(10-14)12-6-3-2-4-7-12/h2-10H,1H3,(H,18,19)(H,20,21). The normalized spacial score (nSPS) is 10.5. The van der Waals surface area contributed by atoms with Crippen molar-refractivity contribution in [1.82, 2.24) is 9.97 Å². The Labute approximate surface area is 122 Å². The molecule has 0 aliphatic carbocycles. The number of carbonyl (C=O) groups is 1. The van der Waals surface area contributed by atoms with Gasteiger partial charge in [-0.1, -0.05) is 48.5 Å². The number of nitrogens with one attached hydrogen (secondary N) is 1. The molecule has 104 valence electrons. The van der Waals surface area contributed by atoms with Crippen molar-refractivity contribution < 1.29 is 9.90 Å². The highest BCUT2D eigenvalue weighted by Gasteiger charge is 2.14. The summed E-state index contributed by atoms with van der Waals surface area (Å²) in [4.78, 5) is 18.3. The third kappa shape index (κ3) is 2.56. The largest absolute Gasteiger partial charge is 0.476 e. The van der Waals surface area contributed by atoms with Crippen molar-refractivity contribution in [3.63, 3.8) is 0 Å². The van der Waals surface area contributed by atoms with Gasteiger partial charge in [-0.15, -0.1) is 0 Å². The summed E-state index contributed by atoms with van der Waals surface area (Å²) < 4.78 is 0. The van der Waals surface area contributed by atoms with Crippen LogP contribution in [-0.2, 0) is 0 Å². The Balaban J connectivity index is 2.04. The van der Waals surface area contributed by atoms with Crippen molar-refractivity contribution in [2.75, 3.05) is 0 Å². The Morgan fingerprint density at radius 1 is 1.00 bits per heavy atom. The fourth-order valence-corrected chi connectivity index (χ4v) is 2.28. The number of imidazole rings is 1. The number of H-pyrrole nitrogens is 1. The van der Waals surface area contributed by atoms with E-state index in [9.17, 15) is 4.79 Å². The van der Waals surface area contributed by atoms with E-state index in [-0.39, 0.29) is 5.69 Å². The number of hydrogen-bond acceptors (Lipinski definition) is 2. The van der Waals surface area contributed by atoms with Gasteiger partial charge >= 0.3 is 5.97 Å². The lowest BCUT2D eigenvalue weighted by Gasteiger charge is -2.03. The van der Waals surface area contributed by atoms with Gasteiger partial charge in [0.25, 0.3) is 0 Å². The van der Waals surface area contributed by atoms with Crippen LogP contribution < -0.4 is 0 Å². The minimum absolute atomic E-state index is 0.0649. The van der Waals surface area contributed by atoms with Gasteiger partial charge in [0.05, 0.1) is 0 Å². The van der Waals surface area contributed by atoms with E-state index in [2.05, 4.69) is 9.97 Å². The van der Waals surface area contributed by atoms with E-state index >= 15 is 0 Å². The van der Waals surface area contributed by atoms with E-state index in [0.717, 1.165) is 16.7 Å². The third-order valence-corrected chi connectivity index (χ3v) is 3.33. The van der Waals surface area contributed by atoms with Crippen molar-refractivity contribution in [1.29, 1.82) is 0 Å². The Morgan fingerprint density at radius 3 is 2.33 bits per heavy atom. The van der Waals surface area contributed by atoms with Crippen LogP contribution in [0.4, 0.5) is 0 Å². The van der Waals surface area contributed by atoms with Gasteiger partial charge in [0.1, 0.15) is 5.82 Å². The van der Waals surface area contributed by atoms with Gasteiger partial charge in [-0.3, -0.25) is 0 Å². The van der Waals surface area contributed by atoms with E-state index < -0.39 is 5.97 Å². The first-order valence-electron chi connectivity index (χ1n) is 6.61. The molecule has 21 heavy (non-hydrogen) atoms. The monoisotopic (exact) mass is 278 g/mol. The van der Waals surface area contributed by atoms with Crippen LogP contribution in [-0.4, -0.2) is 21.0 Å². The molecule has 0 spiro atoms. The van der Waals surface area contributed by atoms with Gasteiger partial charge in [-0.25, -0.2) is 9.78 Å². The predicted molar refractivity (Wildman–Crippen MR) is 81.2 cm³/mol. The maximum absolute atomic E-state index is 11.1. The molecule has 2 N–H and O–H groups in total. The zero-order valence-electron chi connectivity index (χ0n) is 11.5. The van der Waals surface area contributed by atoms with Crippen LogP contribution in [0.15, 0.2) is 54.6 Å². The van der Waals surface area contributed by atoms with Crippen molar-refractivity contribution in [3.05, 3.63) is 66.0 Å². The van der Waals surface area contributed by atoms with Gasteiger partial charge in [0.15, 0.2) is 5.69 Å². The molecule has 0 radical (unpaired) electrons. The van der Waals surface area contributed by atoms with Crippen LogP contribution in [0.2, 0.25) is 0 Å². The van der Waals surface area contributed by atoms with Crippen LogP contribution in [0.3, 0.4) is 0 Å². The second-order valence-electron chi connectivity index (χ2n) is 4.81. The first kappa shape index (κ1) is 13.1. The molecule has 0 saturated heterocycles. The lowest BCUT2D eigenvalue weighted by molar-refractivity contribution is 0.0690. The van der Waals surface area contributed by atoms with E-state index in [1.54, 1.807) is 6.92 Å². The van der Waals surface area contributed by atoms with Crippen molar-refractivity contribution in [2.24, 2.45) is 0 Å². The van der Waals surface area contributed by atoms with E-state index in [1.165, 1.54) is 0 Å². The molecule has 0 fully saturated rings. The number of nitrogens with zero attached hydrogens (tertiary/aromatic N) is 1. The molecule has 3 rings (SSSR count). The van der Waals surface area contributed by atoms with E-state index in [4.69, 9.17) is 5.11 Å². The topological polar surface area (TPSA) is 66.0 Å². The van der Waals surface area contributed by atoms with Crippen LogP contribution in [0.25, 0.3) is 22.5 Å². The molecule has 1 aromatic heterocycles. The molecule has 0 unspecified atom stereocenters. The number of aryl methyl sites for hydroxylation is 1. The summed E-state index contributed by atoms with van der Waals surface area (Å²) >= 11 is 0. The van der Waals surface area contributed by atoms with Gasteiger partial charge < -0.3 is 10.1 Å². The fraction of sp³-hybridized carbons (Fsp3) is 0.0588. The minimum atomic E-state index is -1.02. The maximum atomic E-state index is 11.1. The average molecular weight is 278 g/mol. The lowest BCUT2D eigenvalue weighted by atomic mass is 10.0. The highest BCUT2D eigenvalue weighted by molar-refractivity contribution is 5.87. The van der Waals surface area contributed by atoms with Gasteiger partial charge in [0.2, 0.25) is 0 Å². The van der Waals surface area contributed by atoms with E-state index in [0.29, 0.717) is 11.5 Å². The second-order valence-corrected chi connectivity index (χ2v) is 4.81. The highest BCUT2D eigenvalue weighted by Crippen LogP contribution is 2.25. The average Bonchev–Trinajstić information content (AvgIpc) is 2.91. The molecule has 1 heterocycles. The number of hydrogen-bond donors (Lipinski definition) is 2. The number of aromatic amines is 1. The lowest BCUT2D eigenvalue weighted by Crippen LogP contribution is -1.98. The van der Waals surface area contributed by atoms with Crippen LogP contribution in [0.1, 0.15) is 16.2 Å². The summed E-state index contributed by atoms with van der Waals surface area (Å²) in [5, 5.41) is 9.08. The molecule has 0 amide bonds. The Hall–Kier alpha value is -2.88. The maximum Gasteiger partial charge on any atom is 0.356 e. The van der Waals surface area contributed by atoms with Gasteiger partial charge in [0, 0.05) is 11.3 Å². The summed E-state index contributed by atoms with van der Waals surface area (Å²) in [7, 11) is 0. The SMILES string of the molecule is Cc1[nH]c(-c2cccc(-c3ccccc3)c2)nc1C(=O)O. The Kier molecular flexibility index (Phi) is 3.28. The molecule has 0 aliphatic rings. The first-order valence-corrected chi connectivity index (χ1v) is 6.61. The molecular formula is C17H14N2O2. The van der Waals surface area contributed by atoms with Crippen molar-refractivity contribution >= 4 is 5.97 Å². The molecule has 3 aromatic rings. The molecule has 4 heteroatoms. The van der Waals surface area contributed by atoms with Crippen molar-refractivity contribution in [2.45, 2.75) is 6.92 Å².